The number of hydrogen-bond acceptors (Lipinski definition) is 7. The predicted octanol–water partition coefficient (Wildman–Crippen LogP) is -0.576. The molecule has 0 aromatic heterocycles. The van der Waals surface area contributed by atoms with E-state index < -0.39 is 26.5 Å². The van der Waals surface area contributed by atoms with Gasteiger partial charge in [0.25, 0.3) is 5.69 Å². The van der Waals surface area contributed by atoms with E-state index in [-0.39, 0.29) is 30.0 Å². The molecular weight excluding hydrogens is 302 g/mol. The van der Waals surface area contributed by atoms with Gasteiger partial charge in [0.15, 0.2) is 0 Å². The lowest BCUT2D eigenvalue weighted by Crippen LogP contribution is -2.26. The van der Waals surface area contributed by atoms with Crippen molar-refractivity contribution in [1.29, 1.82) is 0 Å². The Morgan fingerprint density at radius 2 is 2.05 bits per heavy atom. The second-order valence-corrected chi connectivity index (χ2v) is 5.81. The van der Waals surface area contributed by atoms with Crippen molar-refractivity contribution in [3.63, 3.8) is 0 Å². The van der Waals surface area contributed by atoms with Gasteiger partial charge >= 0.3 is 0 Å². The number of nitro benzene ring substituents is 1. The zero-order chi connectivity index (χ0) is 16.0. The molecule has 0 saturated carbocycles. The number of benzene rings is 1. The molecule has 0 unspecified atom stereocenters. The van der Waals surface area contributed by atoms with E-state index in [9.17, 15) is 23.3 Å². The smallest absolute Gasteiger partial charge is 0.294 e. The number of nitrogens with one attached hydrogen (secondary N) is 2. The van der Waals surface area contributed by atoms with Crippen molar-refractivity contribution < 1.29 is 18.1 Å². The van der Waals surface area contributed by atoms with Crippen LogP contribution in [-0.2, 0) is 14.8 Å². The first kappa shape index (κ1) is 16.8. The number of rotatable bonds is 8. The predicted molar refractivity (Wildman–Crippen MR) is 74.5 cm³/mol. The molecule has 0 fully saturated rings. The minimum atomic E-state index is -3.91. The lowest BCUT2D eigenvalue weighted by atomic mass is 10.3. The van der Waals surface area contributed by atoms with E-state index in [2.05, 4.69) is 10.1 Å². The average Bonchev–Trinajstić information content (AvgIpc) is 2.42. The van der Waals surface area contributed by atoms with Crippen molar-refractivity contribution in [2.75, 3.05) is 12.0 Å². The van der Waals surface area contributed by atoms with Gasteiger partial charge in [-0.2, -0.15) is 0 Å². The van der Waals surface area contributed by atoms with Gasteiger partial charge in [-0.25, -0.2) is 13.1 Å². The molecule has 0 radical (unpaired) electrons. The summed E-state index contributed by atoms with van der Waals surface area (Å²) >= 11 is 0. The Hall–Kier alpha value is -2.24. The summed E-state index contributed by atoms with van der Waals surface area (Å²) in [7, 11) is -3.91. The fraction of sp³-hybridized carbons (Fsp3) is 0.300. The van der Waals surface area contributed by atoms with Gasteiger partial charge in [0.2, 0.25) is 15.9 Å². The van der Waals surface area contributed by atoms with E-state index >= 15 is 0 Å². The lowest BCUT2D eigenvalue weighted by Gasteiger charge is -2.08. The molecular formula is C10H15N5O5S. The topological polar surface area (TPSA) is 170 Å². The molecule has 0 spiro atoms. The van der Waals surface area contributed by atoms with Crippen LogP contribution in [0.15, 0.2) is 23.1 Å². The van der Waals surface area contributed by atoms with Crippen molar-refractivity contribution >= 4 is 27.3 Å². The van der Waals surface area contributed by atoms with E-state index in [0.717, 1.165) is 6.07 Å². The van der Waals surface area contributed by atoms with Crippen LogP contribution in [0.5, 0.6) is 0 Å². The van der Waals surface area contributed by atoms with E-state index in [1.165, 1.54) is 12.1 Å². The summed E-state index contributed by atoms with van der Waals surface area (Å²) in [4.78, 5) is 20.4. The normalized spacial score (nSPS) is 11.1. The quantitative estimate of drug-likeness (QED) is 0.215. The minimum Gasteiger partial charge on any atom is -0.370 e. The SMILES string of the molecule is NNc1ccc(S(=O)(=O)NCCCC(N)=O)cc1[N+](=O)[O-]. The minimum absolute atomic E-state index is 0.00401. The van der Waals surface area contributed by atoms with Crippen LogP contribution in [0.3, 0.4) is 0 Å². The molecule has 0 saturated heterocycles. The number of carbonyl (C=O) groups is 1. The number of primary amides is 1. The summed E-state index contributed by atoms with van der Waals surface area (Å²) in [5.41, 5.74) is 6.57. The summed E-state index contributed by atoms with van der Waals surface area (Å²) < 4.78 is 26.1. The van der Waals surface area contributed by atoms with E-state index in [4.69, 9.17) is 11.6 Å². The molecule has 21 heavy (non-hydrogen) atoms. The van der Waals surface area contributed by atoms with E-state index in [0.29, 0.717) is 0 Å². The average molecular weight is 317 g/mol. The van der Waals surface area contributed by atoms with Crippen LogP contribution >= 0.6 is 0 Å². The first-order chi connectivity index (χ1) is 9.77. The molecule has 6 N–H and O–H groups in total. The summed E-state index contributed by atoms with van der Waals surface area (Å²) in [5, 5.41) is 10.8. The first-order valence-corrected chi connectivity index (χ1v) is 7.29. The molecule has 116 valence electrons. The number of nitrogens with two attached hydrogens (primary N) is 2. The molecule has 1 aromatic rings. The van der Waals surface area contributed by atoms with Crippen LogP contribution < -0.4 is 21.7 Å². The molecule has 11 heteroatoms. The summed E-state index contributed by atoms with van der Waals surface area (Å²) in [6.45, 7) is -0.00401. The molecule has 1 amide bonds. The molecule has 0 heterocycles. The number of hydrogen-bond donors (Lipinski definition) is 4. The number of anilines is 1. The zero-order valence-corrected chi connectivity index (χ0v) is 11.7. The van der Waals surface area contributed by atoms with Gasteiger partial charge in [0, 0.05) is 19.0 Å². The molecule has 0 bridgehead atoms. The fourth-order valence-corrected chi connectivity index (χ4v) is 2.60. The Morgan fingerprint density at radius 1 is 1.38 bits per heavy atom. The van der Waals surface area contributed by atoms with Gasteiger partial charge < -0.3 is 11.2 Å². The number of sulfonamides is 1. The van der Waals surface area contributed by atoms with Gasteiger partial charge in [-0.1, -0.05) is 0 Å². The largest absolute Gasteiger partial charge is 0.370 e. The summed E-state index contributed by atoms with van der Waals surface area (Å²) in [6, 6.07) is 3.26. The van der Waals surface area contributed by atoms with Crippen molar-refractivity contribution in [2.24, 2.45) is 11.6 Å². The van der Waals surface area contributed by atoms with Gasteiger partial charge in [0.05, 0.1) is 9.82 Å². The molecule has 0 aliphatic carbocycles. The lowest BCUT2D eigenvalue weighted by molar-refractivity contribution is -0.384. The van der Waals surface area contributed by atoms with Crippen LogP contribution in [-0.4, -0.2) is 25.8 Å². The van der Waals surface area contributed by atoms with Crippen LogP contribution in [0.1, 0.15) is 12.8 Å². The third-order valence-electron chi connectivity index (χ3n) is 2.52. The highest BCUT2D eigenvalue weighted by atomic mass is 32.2. The van der Waals surface area contributed by atoms with Crippen molar-refractivity contribution in [3.8, 4) is 0 Å². The standard InChI is InChI=1S/C10H15N5O5S/c11-10(16)2-1-5-13-21(19,20)7-3-4-8(14-12)9(6-7)15(17)18/h3-4,6,13-14H,1-2,5,12H2,(H2,11,16). The van der Waals surface area contributed by atoms with Crippen molar-refractivity contribution in [2.45, 2.75) is 17.7 Å². The maximum Gasteiger partial charge on any atom is 0.294 e. The second-order valence-electron chi connectivity index (χ2n) is 4.05. The third kappa shape index (κ3) is 4.66. The Labute approximate surface area is 120 Å². The van der Waals surface area contributed by atoms with Crippen LogP contribution in [0, 0.1) is 10.1 Å². The molecule has 0 aliphatic heterocycles. The molecule has 1 rings (SSSR count). The highest BCUT2D eigenvalue weighted by Gasteiger charge is 2.20. The Kier molecular flexibility index (Phi) is 5.58. The fourth-order valence-electron chi connectivity index (χ4n) is 1.50. The van der Waals surface area contributed by atoms with Crippen molar-refractivity contribution in [1.82, 2.24) is 4.72 Å². The number of carbonyl (C=O) groups excluding carboxylic acids is 1. The maximum atomic E-state index is 11.9. The second kappa shape index (κ2) is 6.97. The Morgan fingerprint density at radius 3 is 2.57 bits per heavy atom. The van der Waals surface area contributed by atoms with Crippen LogP contribution in [0.4, 0.5) is 11.4 Å². The Bertz CT molecular complexity index is 645. The zero-order valence-electron chi connectivity index (χ0n) is 10.9. The number of nitro groups is 1. The summed E-state index contributed by atoms with van der Waals surface area (Å²) in [5.74, 6) is 4.57. The van der Waals surface area contributed by atoms with Crippen LogP contribution in [0.2, 0.25) is 0 Å². The Balaban J connectivity index is 2.90. The van der Waals surface area contributed by atoms with Crippen LogP contribution in [0.25, 0.3) is 0 Å². The van der Waals surface area contributed by atoms with E-state index in [1.807, 2.05) is 0 Å². The monoisotopic (exact) mass is 317 g/mol. The highest BCUT2D eigenvalue weighted by Crippen LogP contribution is 2.26. The third-order valence-corrected chi connectivity index (χ3v) is 3.98. The molecule has 0 aliphatic rings. The van der Waals surface area contributed by atoms with Crippen molar-refractivity contribution in [3.05, 3.63) is 28.3 Å². The van der Waals surface area contributed by atoms with E-state index in [1.54, 1.807) is 0 Å². The number of nitrogens with zero attached hydrogens (tertiary/aromatic N) is 1. The molecule has 0 atom stereocenters. The van der Waals surface area contributed by atoms with Gasteiger partial charge in [-0.05, 0) is 18.6 Å². The number of nitrogen functional groups attached to an aromatic ring is 1. The highest BCUT2D eigenvalue weighted by molar-refractivity contribution is 7.89. The van der Waals surface area contributed by atoms with Gasteiger partial charge in [0.1, 0.15) is 5.69 Å². The van der Waals surface area contributed by atoms with Gasteiger partial charge in [-0.3, -0.25) is 20.8 Å². The number of hydrazine groups is 1. The molecule has 1 aromatic carbocycles. The number of amides is 1. The first-order valence-electron chi connectivity index (χ1n) is 5.81. The van der Waals surface area contributed by atoms with Gasteiger partial charge in [-0.15, -0.1) is 0 Å². The molecule has 10 nitrogen and oxygen atoms in total. The maximum absolute atomic E-state index is 11.9. The summed E-state index contributed by atoms with van der Waals surface area (Å²) in [6.07, 6.45) is 0.276.